The molecule has 0 amide bonds. The number of hydrogen-bond acceptors (Lipinski definition) is 8. The molecule has 8 nitrogen and oxygen atoms in total. The number of nitrogens with zero attached hydrogens (tertiary/aromatic N) is 1. The van der Waals surface area contributed by atoms with Crippen LogP contribution in [0.4, 0.5) is 0 Å². The van der Waals surface area contributed by atoms with Crippen LogP contribution in [-0.2, 0) is 33.9 Å². The van der Waals surface area contributed by atoms with Crippen molar-refractivity contribution in [3.63, 3.8) is 0 Å². The third-order valence-electron chi connectivity index (χ3n) is 15.5. The summed E-state index contributed by atoms with van der Waals surface area (Å²) in [4.78, 5) is 32.0. The number of oxime groups is 1. The van der Waals surface area contributed by atoms with Gasteiger partial charge in [0.1, 0.15) is 35.1 Å². The third kappa shape index (κ3) is 4.55. The highest BCUT2D eigenvalue weighted by Crippen LogP contribution is 2.63. The summed E-state index contributed by atoms with van der Waals surface area (Å²) in [5, 5.41) is 5.02. The van der Waals surface area contributed by atoms with E-state index in [4.69, 9.17) is 39.0 Å². The minimum Gasteiger partial charge on any atom is -0.395 e. The molecule has 6 aliphatic heterocycles. The lowest BCUT2D eigenvalue weighted by atomic mass is 9.55. The van der Waals surface area contributed by atoms with Crippen molar-refractivity contribution >= 4 is 5.71 Å². The van der Waals surface area contributed by atoms with Crippen molar-refractivity contribution in [2.45, 2.75) is 172 Å². The first-order valence-electron chi connectivity index (χ1n) is 19.3. The van der Waals surface area contributed by atoms with Gasteiger partial charge in [0.25, 0.3) is 0 Å². The Hall–Kier alpha value is -0.770. The van der Waals surface area contributed by atoms with Crippen LogP contribution in [0, 0.1) is 53.3 Å². The number of fused-ring (bicyclic) bond motifs is 4. The van der Waals surface area contributed by atoms with Gasteiger partial charge in [0, 0.05) is 19.3 Å². The number of hydrogen-bond donors (Lipinski definition) is 0. The molecule has 6 heterocycles. The number of ether oxygens (including phenoxy) is 2. The van der Waals surface area contributed by atoms with Crippen molar-refractivity contribution in [2.75, 3.05) is 6.61 Å². The predicted molar refractivity (Wildman–Crippen MR) is 171 cm³/mol. The van der Waals surface area contributed by atoms with Crippen LogP contribution in [0.15, 0.2) is 5.16 Å². The summed E-state index contributed by atoms with van der Waals surface area (Å²) in [6, 6.07) is 0. The van der Waals surface area contributed by atoms with Gasteiger partial charge in [0.15, 0.2) is 0 Å². The van der Waals surface area contributed by atoms with E-state index in [0.29, 0.717) is 54.0 Å². The maximum atomic E-state index is 7.34. The molecule has 16 atom stereocenters. The SMILES string of the molecule is C[C@H]1[C@@H](/C(C[C@H]2O[C@@H]3C[C@@]4(C)CC[C@H]5[C@H](C)CC[C@@H]([C@H]2C)[C@@]35OO4)=N\OCC2CC2)O[C@@H]2C[C@@]3(C)CC[C@H]4[C@H](C)CC[C@@H]1[C@@]24OO3. The monoisotopic (exact) mass is 641 g/mol. The van der Waals surface area contributed by atoms with E-state index in [1.54, 1.807) is 0 Å². The van der Waals surface area contributed by atoms with Gasteiger partial charge >= 0.3 is 0 Å². The highest BCUT2D eigenvalue weighted by Gasteiger charge is 2.70. The highest BCUT2D eigenvalue weighted by molar-refractivity contribution is 5.89. The molecule has 0 N–H and O–H groups in total. The molecular formula is C38H59NO7. The van der Waals surface area contributed by atoms with E-state index in [2.05, 4.69) is 41.5 Å². The zero-order valence-electron chi connectivity index (χ0n) is 29.2. The van der Waals surface area contributed by atoms with Crippen LogP contribution in [-0.4, -0.2) is 59.1 Å². The van der Waals surface area contributed by atoms with Crippen molar-refractivity contribution in [3.8, 4) is 0 Å². The molecule has 11 rings (SSSR count). The Morgan fingerprint density at radius 3 is 1.80 bits per heavy atom. The molecule has 5 saturated carbocycles. The van der Waals surface area contributed by atoms with Crippen LogP contribution in [0.5, 0.6) is 0 Å². The molecule has 4 bridgehead atoms. The Morgan fingerprint density at radius 1 is 0.652 bits per heavy atom. The maximum Gasteiger partial charge on any atom is 0.136 e. The van der Waals surface area contributed by atoms with Gasteiger partial charge in [-0.1, -0.05) is 32.9 Å². The summed E-state index contributed by atoms with van der Waals surface area (Å²) < 4.78 is 14.6. The molecule has 0 aromatic heterocycles. The molecule has 0 radical (unpaired) electrons. The van der Waals surface area contributed by atoms with Gasteiger partial charge in [0.2, 0.25) is 0 Å². The Balaban J connectivity index is 1.04. The lowest BCUT2D eigenvalue weighted by Gasteiger charge is -2.62. The second-order valence-electron chi connectivity index (χ2n) is 18.4. The molecule has 8 heteroatoms. The van der Waals surface area contributed by atoms with Crippen molar-refractivity contribution in [1.82, 2.24) is 0 Å². The van der Waals surface area contributed by atoms with Crippen LogP contribution in [0.2, 0.25) is 0 Å². The summed E-state index contributed by atoms with van der Waals surface area (Å²) in [5.41, 5.74) is -0.257. The van der Waals surface area contributed by atoms with Gasteiger partial charge in [0.05, 0.1) is 24.0 Å². The van der Waals surface area contributed by atoms with Crippen LogP contribution < -0.4 is 0 Å². The molecule has 5 aliphatic carbocycles. The van der Waals surface area contributed by atoms with Gasteiger partial charge in [-0.05, 0) is 131 Å². The van der Waals surface area contributed by atoms with E-state index >= 15 is 0 Å². The van der Waals surface area contributed by atoms with Crippen LogP contribution in [0.1, 0.15) is 125 Å². The van der Waals surface area contributed by atoms with Crippen molar-refractivity contribution in [3.05, 3.63) is 0 Å². The fourth-order valence-electron chi connectivity index (χ4n) is 12.5. The second kappa shape index (κ2) is 10.9. The van der Waals surface area contributed by atoms with Crippen molar-refractivity contribution in [1.29, 1.82) is 0 Å². The Kier molecular flexibility index (Phi) is 7.37. The van der Waals surface area contributed by atoms with E-state index < -0.39 is 0 Å². The third-order valence-corrected chi connectivity index (χ3v) is 15.5. The molecule has 0 aromatic rings. The minimum atomic E-state index is -0.370. The Labute approximate surface area is 276 Å². The smallest absolute Gasteiger partial charge is 0.136 e. The molecule has 258 valence electrons. The quantitative estimate of drug-likeness (QED) is 0.168. The lowest BCUT2D eigenvalue weighted by molar-refractivity contribution is -0.487. The molecule has 0 aromatic carbocycles. The average Bonchev–Trinajstić information content (AvgIpc) is 3.89. The summed E-state index contributed by atoms with van der Waals surface area (Å²) in [5.74, 6) is 4.16. The van der Waals surface area contributed by atoms with Crippen LogP contribution >= 0.6 is 0 Å². The zero-order chi connectivity index (χ0) is 31.6. The average molecular weight is 642 g/mol. The summed E-state index contributed by atoms with van der Waals surface area (Å²) in [6.45, 7) is 14.8. The first-order valence-corrected chi connectivity index (χ1v) is 19.3. The van der Waals surface area contributed by atoms with Crippen molar-refractivity contribution in [2.24, 2.45) is 58.4 Å². The summed E-state index contributed by atoms with van der Waals surface area (Å²) in [7, 11) is 0. The fourth-order valence-corrected chi connectivity index (χ4v) is 12.5. The molecule has 46 heavy (non-hydrogen) atoms. The van der Waals surface area contributed by atoms with Gasteiger partial charge in [-0.3, -0.25) is 0 Å². The van der Waals surface area contributed by atoms with E-state index in [-0.39, 0.29) is 52.7 Å². The summed E-state index contributed by atoms with van der Waals surface area (Å²) >= 11 is 0. The highest BCUT2D eigenvalue weighted by atomic mass is 17.2. The normalized spacial score (nSPS) is 57.7. The number of rotatable bonds is 6. The maximum absolute atomic E-state index is 7.34. The minimum absolute atomic E-state index is 0.00187. The largest absolute Gasteiger partial charge is 0.395 e. The zero-order valence-corrected chi connectivity index (χ0v) is 29.2. The van der Waals surface area contributed by atoms with Gasteiger partial charge in [-0.2, -0.15) is 0 Å². The van der Waals surface area contributed by atoms with E-state index in [1.165, 1.54) is 32.1 Å². The topological polar surface area (TPSA) is 77.0 Å². The first-order chi connectivity index (χ1) is 22.1. The van der Waals surface area contributed by atoms with Gasteiger partial charge in [-0.25, -0.2) is 19.6 Å². The van der Waals surface area contributed by atoms with E-state index in [1.807, 2.05) is 0 Å². The molecule has 6 saturated heterocycles. The Morgan fingerprint density at radius 2 is 1.22 bits per heavy atom. The standard InChI is InChI=1S/C38H59NO7/c1-21-7-11-28-23(3)31(41-32-18-35(5)15-13-26(21)37(28,32)45-43-35)17-30(39-40-20-25-9-10-25)34-24(4)29-12-8-22(2)27-14-16-36(6)19-33(42-34)38(27,29)46-44-36/h21-29,31-34H,7-20H2,1-6H3/b39-30-/t21-,22-,23-,24-,26+,27+,28+,29+,31-,32-,33-,34+,35-,36-,37-,38-/m1/s1. The molecule has 2 spiro atoms. The molecule has 11 fully saturated rings. The summed E-state index contributed by atoms with van der Waals surface area (Å²) in [6.07, 6.45) is 14.2. The Bertz CT molecular complexity index is 1230. The van der Waals surface area contributed by atoms with Gasteiger partial charge < -0.3 is 14.3 Å². The van der Waals surface area contributed by atoms with Crippen LogP contribution in [0.3, 0.4) is 0 Å². The van der Waals surface area contributed by atoms with Gasteiger partial charge in [-0.15, -0.1) is 0 Å². The van der Waals surface area contributed by atoms with Crippen LogP contribution in [0.25, 0.3) is 0 Å². The first kappa shape index (κ1) is 31.2. The predicted octanol–water partition coefficient (Wildman–Crippen LogP) is 7.58. The second-order valence-corrected chi connectivity index (χ2v) is 18.4. The molecular weight excluding hydrogens is 582 g/mol. The lowest BCUT2D eigenvalue weighted by Crippen LogP contribution is -2.71. The fraction of sp³-hybridized carbons (Fsp3) is 0.974. The van der Waals surface area contributed by atoms with E-state index in [0.717, 1.165) is 57.1 Å². The molecule has 11 aliphatic rings. The molecule has 0 unspecified atom stereocenters. The van der Waals surface area contributed by atoms with Crippen molar-refractivity contribution < 1.29 is 33.9 Å². The van der Waals surface area contributed by atoms with E-state index in [9.17, 15) is 0 Å².